The molecule has 0 aliphatic heterocycles. The molecule has 0 fully saturated rings. The monoisotopic (exact) mass is 469 g/mol. The van der Waals surface area contributed by atoms with Crippen LogP contribution in [0.15, 0.2) is 64.3 Å². The van der Waals surface area contributed by atoms with E-state index in [1.165, 1.54) is 37.7 Å². The van der Waals surface area contributed by atoms with Crippen LogP contribution in [0.3, 0.4) is 0 Å². The van der Waals surface area contributed by atoms with E-state index in [0.717, 1.165) is 0 Å². The molecule has 0 amide bonds. The van der Waals surface area contributed by atoms with E-state index in [1.54, 1.807) is 38.1 Å². The van der Waals surface area contributed by atoms with Gasteiger partial charge in [-0.2, -0.15) is 0 Å². The zero-order chi connectivity index (χ0) is 23.6. The third-order valence-corrected chi connectivity index (χ3v) is 6.27. The lowest BCUT2D eigenvalue weighted by atomic mass is 10.1. The fraction of sp³-hybridized carbons (Fsp3) is 0.136. The van der Waals surface area contributed by atoms with Gasteiger partial charge in [-0.05, 0) is 50.2 Å². The van der Waals surface area contributed by atoms with Crippen LogP contribution >= 0.6 is 0 Å². The van der Waals surface area contributed by atoms with Gasteiger partial charge in [0, 0.05) is 28.9 Å². The van der Waals surface area contributed by atoms with Crippen molar-refractivity contribution < 1.29 is 22.1 Å². The summed E-state index contributed by atoms with van der Waals surface area (Å²) in [4.78, 5) is 8.47. The molecule has 2 aromatic heterocycles. The van der Waals surface area contributed by atoms with Gasteiger partial charge in [0.2, 0.25) is 5.88 Å². The number of nitrogens with zero attached hydrogens (tertiary/aromatic N) is 3. The fourth-order valence-corrected chi connectivity index (χ4v) is 4.05. The van der Waals surface area contributed by atoms with E-state index in [1.807, 2.05) is 0 Å². The maximum atomic E-state index is 13.5. The summed E-state index contributed by atoms with van der Waals surface area (Å²) in [5.74, 6) is 0.479. The van der Waals surface area contributed by atoms with Crippen LogP contribution in [0.1, 0.15) is 11.3 Å². The minimum atomic E-state index is -3.85. The molecule has 11 heteroatoms. The van der Waals surface area contributed by atoms with Crippen LogP contribution in [0.25, 0.3) is 11.3 Å². The van der Waals surface area contributed by atoms with Gasteiger partial charge in [-0.1, -0.05) is 5.16 Å². The van der Waals surface area contributed by atoms with Crippen LogP contribution in [-0.2, 0) is 10.0 Å². The Bertz CT molecular complexity index is 1400. The maximum absolute atomic E-state index is 13.5. The number of nitrogens with one attached hydrogen (secondary N) is 2. The number of hydrogen-bond donors (Lipinski definition) is 2. The number of hydrogen-bond acceptors (Lipinski definition) is 8. The van der Waals surface area contributed by atoms with Crippen LogP contribution in [-0.4, -0.2) is 30.7 Å². The van der Waals surface area contributed by atoms with Crippen LogP contribution in [0, 0.1) is 19.7 Å². The number of benzene rings is 2. The Kier molecular flexibility index (Phi) is 5.97. The quantitative estimate of drug-likeness (QED) is 0.408. The topological polar surface area (TPSA) is 119 Å². The number of aryl methyl sites for hydroxylation is 1. The summed E-state index contributed by atoms with van der Waals surface area (Å²) in [5.41, 5.74) is 2.97. The van der Waals surface area contributed by atoms with Crippen molar-refractivity contribution in [1.29, 1.82) is 0 Å². The summed E-state index contributed by atoms with van der Waals surface area (Å²) in [6, 6.07) is 12.0. The number of methoxy groups -OCH3 is 1. The SMILES string of the molecule is COc1cc(F)ccc1-c1cc(Nc2ccc(S(=O)(=O)Nc3onc(C)c3C)cc2)ncn1. The molecule has 4 aromatic rings. The van der Waals surface area contributed by atoms with Crippen LogP contribution in [0.5, 0.6) is 5.75 Å². The first-order valence-electron chi connectivity index (χ1n) is 9.75. The number of rotatable bonds is 7. The Labute approximate surface area is 189 Å². The van der Waals surface area contributed by atoms with Gasteiger partial charge >= 0.3 is 0 Å². The second kappa shape index (κ2) is 8.87. The molecule has 2 N–H and O–H groups in total. The number of ether oxygens (including phenoxy) is 1. The van der Waals surface area contributed by atoms with Crippen molar-refractivity contribution in [3.63, 3.8) is 0 Å². The molecule has 9 nitrogen and oxygen atoms in total. The second-order valence-corrected chi connectivity index (χ2v) is 8.79. The third kappa shape index (κ3) is 4.77. The lowest BCUT2D eigenvalue weighted by molar-refractivity contribution is 0.413. The summed E-state index contributed by atoms with van der Waals surface area (Å²) in [5, 5.41) is 6.84. The van der Waals surface area contributed by atoms with Crippen molar-refractivity contribution in [2.75, 3.05) is 17.1 Å². The average molecular weight is 469 g/mol. The fourth-order valence-electron chi connectivity index (χ4n) is 3.01. The van der Waals surface area contributed by atoms with E-state index in [-0.39, 0.29) is 10.8 Å². The van der Waals surface area contributed by atoms with Gasteiger partial charge in [-0.15, -0.1) is 0 Å². The predicted octanol–water partition coefficient (Wildman–Crippen LogP) is 4.44. The standard InChI is InChI=1S/C22H20FN5O4S/c1-13-14(2)27-32-22(13)28-33(29,30)17-7-5-16(6-8-17)26-21-11-19(24-12-25-21)18-9-4-15(23)10-20(18)31-3/h4-12,28H,1-3H3,(H,24,25,26). The van der Waals surface area contributed by atoms with Gasteiger partial charge in [0.05, 0.1) is 23.4 Å². The maximum Gasteiger partial charge on any atom is 0.264 e. The normalized spacial score (nSPS) is 11.3. The molecular weight excluding hydrogens is 449 g/mol. The number of aromatic nitrogens is 3. The molecular formula is C22H20FN5O4S. The Morgan fingerprint density at radius 1 is 1.03 bits per heavy atom. The average Bonchev–Trinajstić information content (AvgIpc) is 3.11. The van der Waals surface area contributed by atoms with Gasteiger partial charge < -0.3 is 14.6 Å². The number of halogens is 1. The summed E-state index contributed by atoms with van der Waals surface area (Å²) >= 11 is 0. The number of sulfonamides is 1. The predicted molar refractivity (Wildman–Crippen MR) is 120 cm³/mol. The molecule has 0 bridgehead atoms. The van der Waals surface area contributed by atoms with E-state index in [2.05, 4.69) is 25.2 Å². The molecule has 0 aliphatic carbocycles. The molecule has 33 heavy (non-hydrogen) atoms. The van der Waals surface area contributed by atoms with E-state index in [0.29, 0.717) is 39.8 Å². The third-order valence-electron chi connectivity index (χ3n) is 4.93. The van der Waals surface area contributed by atoms with E-state index < -0.39 is 15.8 Å². The highest BCUT2D eigenvalue weighted by Gasteiger charge is 2.19. The van der Waals surface area contributed by atoms with Gasteiger partial charge in [-0.3, -0.25) is 0 Å². The van der Waals surface area contributed by atoms with Crippen molar-refractivity contribution in [2.45, 2.75) is 18.7 Å². The lowest BCUT2D eigenvalue weighted by Gasteiger charge is -2.11. The second-order valence-electron chi connectivity index (χ2n) is 7.11. The molecule has 0 saturated carbocycles. The van der Waals surface area contributed by atoms with Crippen molar-refractivity contribution in [1.82, 2.24) is 15.1 Å². The van der Waals surface area contributed by atoms with E-state index in [4.69, 9.17) is 9.26 Å². The van der Waals surface area contributed by atoms with Crippen LogP contribution < -0.4 is 14.8 Å². The first-order valence-corrected chi connectivity index (χ1v) is 11.2. The molecule has 0 radical (unpaired) electrons. The Hall–Kier alpha value is -3.99. The largest absolute Gasteiger partial charge is 0.496 e. The van der Waals surface area contributed by atoms with Gasteiger partial charge in [-0.25, -0.2) is 27.5 Å². The van der Waals surface area contributed by atoms with Gasteiger partial charge in [0.15, 0.2) is 0 Å². The first-order chi connectivity index (χ1) is 15.8. The Balaban J connectivity index is 1.53. The molecule has 4 rings (SSSR count). The summed E-state index contributed by atoms with van der Waals surface area (Å²) in [7, 11) is -2.40. The smallest absolute Gasteiger partial charge is 0.264 e. The summed E-state index contributed by atoms with van der Waals surface area (Å²) in [6.45, 7) is 3.44. The highest BCUT2D eigenvalue weighted by Crippen LogP contribution is 2.30. The van der Waals surface area contributed by atoms with Gasteiger partial charge in [0.25, 0.3) is 10.0 Å². The van der Waals surface area contributed by atoms with Crippen LogP contribution in [0.4, 0.5) is 21.8 Å². The summed E-state index contributed by atoms with van der Waals surface area (Å²) in [6.07, 6.45) is 1.37. The zero-order valence-electron chi connectivity index (χ0n) is 18.0. The van der Waals surface area contributed by atoms with Crippen LogP contribution in [0.2, 0.25) is 0 Å². The van der Waals surface area contributed by atoms with E-state index in [9.17, 15) is 12.8 Å². The summed E-state index contributed by atoms with van der Waals surface area (Å²) < 4.78 is 51.4. The highest BCUT2D eigenvalue weighted by atomic mass is 32.2. The van der Waals surface area contributed by atoms with Crippen molar-refractivity contribution >= 4 is 27.4 Å². The van der Waals surface area contributed by atoms with Gasteiger partial charge in [0.1, 0.15) is 23.7 Å². The molecule has 2 aromatic carbocycles. The molecule has 2 heterocycles. The molecule has 0 spiro atoms. The Morgan fingerprint density at radius 2 is 1.79 bits per heavy atom. The van der Waals surface area contributed by atoms with Crippen molar-refractivity contribution in [2.24, 2.45) is 0 Å². The van der Waals surface area contributed by atoms with Crippen molar-refractivity contribution in [3.8, 4) is 17.0 Å². The number of anilines is 3. The van der Waals surface area contributed by atoms with E-state index >= 15 is 0 Å². The minimum Gasteiger partial charge on any atom is -0.496 e. The zero-order valence-corrected chi connectivity index (χ0v) is 18.8. The van der Waals surface area contributed by atoms with Crippen molar-refractivity contribution in [3.05, 3.63) is 71.9 Å². The molecule has 0 unspecified atom stereocenters. The minimum absolute atomic E-state index is 0.0564. The molecule has 0 aliphatic rings. The molecule has 170 valence electrons. The first kappa shape index (κ1) is 22.2. The Morgan fingerprint density at radius 3 is 2.45 bits per heavy atom. The molecule has 0 saturated heterocycles. The lowest BCUT2D eigenvalue weighted by Crippen LogP contribution is -2.13. The highest BCUT2D eigenvalue weighted by molar-refractivity contribution is 7.92. The molecule has 0 atom stereocenters.